The van der Waals surface area contributed by atoms with E-state index in [1.165, 1.54) is 0 Å². The number of rotatable bonds is 3. The van der Waals surface area contributed by atoms with Gasteiger partial charge in [-0.05, 0) is 12.8 Å². The van der Waals surface area contributed by atoms with E-state index in [1.807, 2.05) is 6.92 Å². The number of thiol groups is 1. The lowest BCUT2D eigenvalue weighted by Crippen LogP contribution is -2.04. The molecule has 1 rings (SSSR count). The topological polar surface area (TPSA) is 0 Å². The molecule has 0 amide bonds. The van der Waals surface area contributed by atoms with Crippen molar-refractivity contribution >= 4 is 12.6 Å². The summed E-state index contributed by atoms with van der Waals surface area (Å²) in [5, 5.41) is 0. The van der Waals surface area contributed by atoms with Crippen LogP contribution in [-0.2, 0) is 6.42 Å². The molecule has 0 aliphatic heterocycles. The van der Waals surface area contributed by atoms with Gasteiger partial charge in [-0.2, -0.15) is 0 Å². The van der Waals surface area contributed by atoms with Gasteiger partial charge in [-0.3, -0.25) is 0 Å². The quantitative estimate of drug-likeness (QED) is 0.461. The first-order valence-electron chi connectivity index (χ1n) is 4.54. The summed E-state index contributed by atoms with van der Waals surface area (Å²) < 4.78 is 52.4. The molecule has 0 atom stereocenters. The number of unbranched alkanes of at least 4 members (excludes halogenated alkanes) is 1. The second kappa shape index (κ2) is 4.88. The number of hydrogen-bond donors (Lipinski definition) is 1. The molecular weight excluding hydrogens is 228 g/mol. The molecule has 15 heavy (non-hydrogen) atoms. The van der Waals surface area contributed by atoms with Crippen molar-refractivity contribution in [3.8, 4) is 0 Å². The summed E-state index contributed by atoms with van der Waals surface area (Å²) in [6.07, 6.45) is 1.14. The van der Waals surface area contributed by atoms with Gasteiger partial charge in [0.25, 0.3) is 0 Å². The molecule has 1 aromatic rings. The van der Waals surface area contributed by atoms with Crippen molar-refractivity contribution in [2.45, 2.75) is 31.1 Å². The highest BCUT2D eigenvalue weighted by atomic mass is 32.1. The zero-order chi connectivity index (χ0) is 11.6. The van der Waals surface area contributed by atoms with Gasteiger partial charge in [0, 0.05) is 5.56 Å². The molecule has 0 aliphatic carbocycles. The highest BCUT2D eigenvalue weighted by Gasteiger charge is 2.22. The molecule has 0 N–H and O–H groups in total. The summed E-state index contributed by atoms with van der Waals surface area (Å²) in [6, 6.07) is 0. The Morgan fingerprint density at radius 1 is 0.933 bits per heavy atom. The van der Waals surface area contributed by atoms with E-state index in [-0.39, 0.29) is 6.42 Å². The molecule has 0 aromatic heterocycles. The van der Waals surface area contributed by atoms with Crippen LogP contribution in [0.3, 0.4) is 0 Å². The normalized spacial score (nSPS) is 10.8. The van der Waals surface area contributed by atoms with Crippen LogP contribution in [0.2, 0.25) is 0 Å². The Labute approximate surface area is 90.7 Å². The molecule has 0 bridgehead atoms. The van der Waals surface area contributed by atoms with Gasteiger partial charge < -0.3 is 0 Å². The van der Waals surface area contributed by atoms with E-state index in [0.717, 1.165) is 0 Å². The maximum Gasteiger partial charge on any atom is 0.175 e. The Morgan fingerprint density at radius 2 is 1.40 bits per heavy atom. The third kappa shape index (κ3) is 2.27. The van der Waals surface area contributed by atoms with Crippen LogP contribution < -0.4 is 0 Å². The van der Waals surface area contributed by atoms with Gasteiger partial charge in [0.2, 0.25) is 0 Å². The van der Waals surface area contributed by atoms with Crippen LogP contribution in [-0.4, -0.2) is 0 Å². The predicted octanol–water partition coefficient (Wildman–Crippen LogP) is 3.87. The van der Waals surface area contributed by atoms with Crippen molar-refractivity contribution in [3.05, 3.63) is 28.8 Å². The Bertz CT molecular complexity index is 347. The molecule has 0 heterocycles. The maximum absolute atomic E-state index is 13.2. The predicted molar refractivity (Wildman–Crippen MR) is 52.1 cm³/mol. The minimum Gasteiger partial charge on any atom is -0.203 e. The fourth-order valence-electron chi connectivity index (χ4n) is 1.24. The standard InChI is InChI=1S/C10H10F4S/c1-2-3-4-5-6(11)8(13)10(15)9(14)7(5)12/h15H,2-4H2,1H3. The minimum absolute atomic E-state index is 0.0178. The Morgan fingerprint density at radius 3 is 1.80 bits per heavy atom. The monoisotopic (exact) mass is 238 g/mol. The molecule has 5 heteroatoms. The maximum atomic E-state index is 13.2. The average Bonchev–Trinajstić information content (AvgIpc) is 2.24. The van der Waals surface area contributed by atoms with Gasteiger partial charge in [0.05, 0.1) is 4.90 Å². The number of hydrogen-bond acceptors (Lipinski definition) is 1. The van der Waals surface area contributed by atoms with E-state index in [4.69, 9.17) is 0 Å². The van der Waals surface area contributed by atoms with Crippen LogP contribution in [0.15, 0.2) is 4.90 Å². The molecule has 0 radical (unpaired) electrons. The molecule has 0 spiro atoms. The fourth-order valence-corrected chi connectivity index (χ4v) is 1.43. The molecule has 0 unspecified atom stereocenters. The second-order valence-electron chi connectivity index (χ2n) is 3.19. The van der Waals surface area contributed by atoms with Gasteiger partial charge in [0.1, 0.15) is 0 Å². The van der Waals surface area contributed by atoms with Gasteiger partial charge in [-0.1, -0.05) is 13.3 Å². The van der Waals surface area contributed by atoms with Crippen molar-refractivity contribution in [2.75, 3.05) is 0 Å². The first-order valence-corrected chi connectivity index (χ1v) is 4.99. The van der Waals surface area contributed by atoms with Crippen molar-refractivity contribution in [1.29, 1.82) is 0 Å². The molecule has 0 fully saturated rings. The summed E-state index contributed by atoms with van der Waals surface area (Å²) in [6.45, 7) is 1.81. The molecule has 0 nitrogen and oxygen atoms in total. The summed E-state index contributed by atoms with van der Waals surface area (Å²) in [7, 11) is 0. The van der Waals surface area contributed by atoms with Gasteiger partial charge in [-0.15, -0.1) is 12.6 Å². The van der Waals surface area contributed by atoms with E-state index >= 15 is 0 Å². The van der Waals surface area contributed by atoms with E-state index in [0.29, 0.717) is 12.8 Å². The van der Waals surface area contributed by atoms with E-state index in [1.54, 1.807) is 0 Å². The minimum atomic E-state index is -1.43. The van der Waals surface area contributed by atoms with Crippen molar-refractivity contribution < 1.29 is 17.6 Å². The Balaban J connectivity index is 3.26. The third-order valence-corrected chi connectivity index (χ3v) is 2.50. The van der Waals surface area contributed by atoms with Crippen LogP contribution in [0.25, 0.3) is 0 Å². The van der Waals surface area contributed by atoms with E-state index in [9.17, 15) is 17.6 Å². The van der Waals surface area contributed by atoms with E-state index < -0.39 is 33.7 Å². The van der Waals surface area contributed by atoms with Crippen LogP contribution >= 0.6 is 12.6 Å². The summed E-state index contributed by atoms with van der Waals surface area (Å²) in [5.74, 6) is -5.54. The highest BCUT2D eigenvalue weighted by molar-refractivity contribution is 7.80. The molecule has 84 valence electrons. The lowest BCUT2D eigenvalue weighted by molar-refractivity contribution is 0.412. The Kier molecular flexibility index (Phi) is 4.02. The lowest BCUT2D eigenvalue weighted by Gasteiger charge is -2.08. The number of halogens is 4. The van der Waals surface area contributed by atoms with Crippen LogP contribution in [0.4, 0.5) is 17.6 Å². The van der Waals surface area contributed by atoms with Gasteiger partial charge in [0.15, 0.2) is 23.3 Å². The summed E-state index contributed by atoms with van der Waals surface area (Å²) >= 11 is 3.36. The van der Waals surface area contributed by atoms with Crippen molar-refractivity contribution in [2.24, 2.45) is 0 Å². The molecule has 0 saturated heterocycles. The zero-order valence-electron chi connectivity index (χ0n) is 8.08. The summed E-state index contributed by atoms with van der Waals surface area (Å²) in [4.78, 5) is -0.912. The molecule has 1 aromatic carbocycles. The smallest absolute Gasteiger partial charge is 0.175 e. The first-order chi connectivity index (χ1) is 7.00. The van der Waals surface area contributed by atoms with Gasteiger partial charge in [-0.25, -0.2) is 17.6 Å². The van der Waals surface area contributed by atoms with Crippen molar-refractivity contribution in [1.82, 2.24) is 0 Å². The van der Waals surface area contributed by atoms with E-state index in [2.05, 4.69) is 12.6 Å². The number of benzene rings is 1. The second-order valence-corrected chi connectivity index (χ2v) is 3.63. The van der Waals surface area contributed by atoms with Crippen LogP contribution in [0.1, 0.15) is 25.3 Å². The highest BCUT2D eigenvalue weighted by Crippen LogP contribution is 2.27. The zero-order valence-corrected chi connectivity index (χ0v) is 8.97. The molecule has 0 aliphatic rings. The van der Waals surface area contributed by atoms with Crippen LogP contribution in [0.5, 0.6) is 0 Å². The SMILES string of the molecule is CCCCc1c(F)c(F)c(S)c(F)c1F. The molecule has 0 saturated carbocycles. The third-order valence-electron chi connectivity index (χ3n) is 2.11. The largest absolute Gasteiger partial charge is 0.203 e. The summed E-state index contributed by atoms with van der Waals surface area (Å²) in [5.41, 5.74) is -0.537. The Hall–Kier alpha value is -0.710. The van der Waals surface area contributed by atoms with Crippen LogP contribution in [0, 0.1) is 23.3 Å². The average molecular weight is 238 g/mol. The lowest BCUT2D eigenvalue weighted by atomic mass is 10.1. The molecular formula is C10H10F4S. The first kappa shape index (κ1) is 12.4. The fraction of sp³-hybridized carbons (Fsp3) is 0.400. The van der Waals surface area contributed by atoms with Gasteiger partial charge >= 0.3 is 0 Å². The van der Waals surface area contributed by atoms with Crippen molar-refractivity contribution in [3.63, 3.8) is 0 Å².